The molecule has 1 N–H and O–H groups in total. The molecule has 0 bridgehead atoms. The van der Waals surface area contributed by atoms with Gasteiger partial charge in [-0.1, -0.05) is 34.3 Å². The Hall–Kier alpha value is -0.500. The van der Waals surface area contributed by atoms with E-state index in [1.54, 1.807) is 0 Å². The van der Waals surface area contributed by atoms with Crippen molar-refractivity contribution in [1.82, 2.24) is 0 Å². The van der Waals surface area contributed by atoms with E-state index in [2.05, 4.69) is 41.2 Å². The maximum Gasteiger partial charge on any atom is 0.109 e. The van der Waals surface area contributed by atoms with Crippen LogP contribution in [0.15, 0.2) is 12.3 Å². The predicted molar refractivity (Wildman–Crippen MR) is 102 cm³/mol. The molecule has 7 atom stereocenters. The van der Waals surface area contributed by atoms with Crippen LogP contribution in [0, 0.1) is 34.0 Å². The van der Waals surface area contributed by atoms with Crippen molar-refractivity contribution in [2.45, 2.75) is 97.7 Å². The summed E-state index contributed by atoms with van der Waals surface area (Å²) in [7, 11) is 0. The third-order valence-electron chi connectivity index (χ3n) is 9.63. The lowest BCUT2D eigenvalue weighted by Crippen LogP contribution is -2.59. The monoisotopic (exact) mass is 346 g/mol. The minimum absolute atomic E-state index is 0.00647. The van der Waals surface area contributed by atoms with Crippen LogP contribution in [0.3, 0.4) is 0 Å². The van der Waals surface area contributed by atoms with E-state index < -0.39 is 0 Å². The quantitative estimate of drug-likeness (QED) is 0.660. The zero-order valence-electron chi connectivity index (χ0n) is 17.0. The number of allylic oxidation sites excluding steroid dienone is 1. The summed E-state index contributed by atoms with van der Waals surface area (Å²) in [6, 6.07) is 0. The van der Waals surface area contributed by atoms with Crippen LogP contribution in [0.5, 0.6) is 0 Å². The number of aliphatic hydroxyl groups is 1. The van der Waals surface area contributed by atoms with Gasteiger partial charge in [-0.3, -0.25) is 0 Å². The maximum absolute atomic E-state index is 10.7. The van der Waals surface area contributed by atoms with Gasteiger partial charge in [0, 0.05) is 12.3 Å². The minimum Gasteiger partial charge on any atom is -0.492 e. The van der Waals surface area contributed by atoms with Crippen molar-refractivity contribution in [3.05, 3.63) is 12.3 Å². The molecule has 2 heteroatoms. The lowest BCUT2D eigenvalue weighted by Gasteiger charge is -2.63. The summed E-state index contributed by atoms with van der Waals surface area (Å²) in [4.78, 5) is 0. The highest BCUT2D eigenvalue weighted by Crippen LogP contribution is 2.71. The molecule has 3 aliphatic carbocycles. The fourth-order valence-corrected chi connectivity index (χ4v) is 8.38. The van der Waals surface area contributed by atoms with Crippen LogP contribution in [-0.4, -0.2) is 16.8 Å². The minimum atomic E-state index is -0.133. The third-order valence-corrected chi connectivity index (χ3v) is 9.63. The molecule has 0 amide bonds. The summed E-state index contributed by atoms with van der Waals surface area (Å²) in [6.07, 6.45) is 9.41. The lowest BCUT2D eigenvalue weighted by molar-refractivity contribution is -0.179. The summed E-state index contributed by atoms with van der Waals surface area (Å²) in [6.45, 7) is 16.2. The van der Waals surface area contributed by atoms with E-state index >= 15 is 0 Å². The molecule has 25 heavy (non-hydrogen) atoms. The van der Waals surface area contributed by atoms with Gasteiger partial charge in [-0.15, -0.1) is 0 Å². The second-order valence-electron chi connectivity index (χ2n) is 11.1. The summed E-state index contributed by atoms with van der Waals surface area (Å²) in [5.41, 5.74) is 0.793. The molecule has 4 aliphatic rings. The van der Waals surface area contributed by atoms with Crippen LogP contribution >= 0.6 is 0 Å². The molecule has 0 aromatic rings. The van der Waals surface area contributed by atoms with Gasteiger partial charge in [-0.05, 0) is 80.0 Å². The topological polar surface area (TPSA) is 29.5 Å². The standard InChI is InChI=1S/C23H38O2/c1-15-9-14-23(6,25-15)18-8-7-17-21(4)13-11-19(24)20(2,3)16(21)10-12-22(17,18)5/h16-19,24H,1,7-14H2,2-6H3/t16-,17?,18+,19+,21+,22-,23+/m1/s1. The van der Waals surface area contributed by atoms with Gasteiger partial charge in [0.2, 0.25) is 0 Å². The average molecular weight is 347 g/mol. The number of fused-ring (bicyclic) bond motifs is 3. The van der Waals surface area contributed by atoms with Crippen molar-refractivity contribution >= 4 is 0 Å². The van der Waals surface area contributed by atoms with Crippen molar-refractivity contribution in [1.29, 1.82) is 0 Å². The first-order valence-electron chi connectivity index (χ1n) is 10.6. The molecule has 3 saturated carbocycles. The fraction of sp³-hybridized carbons (Fsp3) is 0.913. The predicted octanol–water partition coefficient (Wildman–Crippen LogP) is 5.70. The van der Waals surface area contributed by atoms with Crippen LogP contribution in [0.1, 0.15) is 86.0 Å². The highest BCUT2D eigenvalue weighted by Gasteiger charge is 2.66. The zero-order chi connectivity index (χ0) is 18.3. The molecule has 1 heterocycles. The first-order valence-corrected chi connectivity index (χ1v) is 10.6. The van der Waals surface area contributed by atoms with E-state index in [0.29, 0.717) is 22.7 Å². The second kappa shape index (κ2) is 5.27. The molecule has 0 aromatic heterocycles. The average Bonchev–Trinajstić information content (AvgIpc) is 3.05. The van der Waals surface area contributed by atoms with Crippen molar-refractivity contribution in [2.75, 3.05) is 0 Å². The molecule has 0 radical (unpaired) electrons. The van der Waals surface area contributed by atoms with Gasteiger partial charge in [0.25, 0.3) is 0 Å². The molecular weight excluding hydrogens is 308 g/mol. The Kier molecular flexibility index (Phi) is 3.77. The SMILES string of the molecule is C=C1CC[C@@](C)([C@H]2CCC3[C@@]4(C)CC[C@H](O)C(C)(C)[C@H]4CC[C@]32C)O1. The van der Waals surface area contributed by atoms with Crippen LogP contribution in [0.4, 0.5) is 0 Å². The number of rotatable bonds is 1. The number of aliphatic hydroxyl groups excluding tert-OH is 1. The van der Waals surface area contributed by atoms with Gasteiger partial charge in [0.15, 0.2) is 0 Å². The summed E-state index contributed by atoms with van der Waals surface area (Å²) in [5, 5.41) is 10.7. The molecule has 4 rings (SSSR count). The molecule has 4 fully saturated rings. The van der Waals surface area contributed by atoms with E-state index in [4.69, 9.17) is 4.74 Å². The first-order chi connectivity index (χ1) is 11.5. The Morgan fingerprint density at radius 2 is 1.44 bits per heavy atom. The normalized spacial score (nSPS) is 54.7. The molecule has 0 aromatic carbocycles. The Morgan fingerprint density at radius 1 is 0.840 bits per heavy atom. The molecule has 1 aliphatic heterocycles. The van der Waals surface area contributed by atoms with Gasteiger partial charge >= 0.3 is 0 Å². The number of hydrogen-bond donors (Lipinski definition) is 1. The van der Waals surface area contributed by atoms with Crippen LogP contribution < -0.4 is 0 Å². The molecule has 1 saturated heterocycles. The molecular formula is C23H38O2. The van der Waals surface area contributed by atoms with Crippen molar-refractivity contribution in [3.63, 3.8) is 0 Å². The van der Waals surface area contributed by atoms with Crippen molar-refractivity contribution in [2.24, 2.45) is 34.0 Å². The molecule has 2 nitrogen and oxygen atoms in total. The van der Waals surface area contributed by atoms with E-state index in [9.17, 15) is 5.11 Å². The third kappa shape index (κ3) is 2.25. The molecule has 142 valence electrons. The zero-order valence-corrected chi connectivity index (χ0v) is 17.0. The summed E-state index contributed by atoms with van der Waals surface area (Å²) < 4.78 is 6.34. The van der Waals surface area contributed by atoms with Gasteiger partial charge in [0.05, 0.1) is 11.9 Å². The number of hydrogen-bond acceptors (Lipinski definition) is 2. The van der Waals surface area contributed by atoms with Crippen molar-refractivity contribution < 1.29 is 9.84 Å². The van der Waals surface area contributed by atoms with E-state index in [1.165, 1.54) is 32.1 Å². The van der Waals surface area contributed by atoms with Crippen LogP contribution in [-0.2, 0) is 4.74 Å². The maximum atomic E-state index is 10.7. The highest BCUT2D eigenvalue weighted by molar-refractivity contribution is 5.16. The van der Waals surface area contributed by atoms with E-state index in [1.807, 2.05) is 0 Å². The van der Waals surface area contributed by atoms with Crippen molar-refractivity contribution in [3.8, 4) is 0 Å². The fourth-order valence-electron chi connectivity index (χ4n) is 8.38. The lowest BCUT2D eigenvalue weighted by atomic mass is 9.42. The Morgan fingerprint density at radius 3 is 2.08 bits per heavy atom. The largest absolute Gasteiger partial charge is 0.492 e. The van der Waals surface area contributed by atoms with E-state index in [-0.39, 0.29) is 17.1 Å². The molecule has 1 unspecified atom stereocenters. The number of ether oxygens (including phenoxy) is 1. The van der Waals surface area contributed by atoms with Gasteiger partial charge in [-0.2, -0.15) is 0 Å². The first kappa shape index (κ1) is 17.9. The van der Waals surface area contributed by atoms with Crippen LogP contribution in [0.2, 0.25) is 0 Å². The molecule has 0 spiro atoms. The van der Waals surface area contributed by atoms with Gasteiger partial charge in [-0.25, -0.2) is 0 Å². The summed E-state index contributed by atoms with van der Waals surface area (Å²) >= 11 is 0. The van der Waals surface area contributed by atoms with Gasteiger partial charge < -0.3 is 9.84 Å². The Balaban J connectivity index is 1.68. The summed E-state index contributed by atoms with van der Waals surface area (Å²) in [5.74, 6) is 3.06. The Labute approximate surface area is 154 Å². The highest BCUT2D eigenvalue weighted by atomic mass is 16.5. The van der Waals surface area contributed by atoms with Crippen LogP contribution in [0.25, 0.3) is 0 Å². The van der Waals surface area contributed by atoms with E-state index in [0.717, 1.165) is 30.9 Å². The van der Waals surface area contributed by atoms with Gasteiger partial charge in [0.1, 0.15) is 5.60 Å². The second-order valence-corrected chi connectivity index (χ2v) is 11.1. The Bertz CT molecular complexity index is 581. The smallest absolute Gasteiger partial charge is 0.109 e.